The van der Waals surface area contributed by atoms with E-state index < -0.39 is 5.97 Å². The van der Waals surface area contributed by atoms with Crippen molar-refractivity contribution in [1.29, 1.82) is 0 Å². The zero-order valence-corrected chi connectivity index (χ0v) is 11.9. The number of aromatic nitrogens is 1. The first kappa shape index (κ1) is 13.3. The monoisotopic (exact) mass is 292 g/mol. The lowest BCUT2D eigenvalue weighted by molar-refractivity contribution is 0.0697. The normalized spacial score (nSPS) is 22.2. The van der Waals surface area contributed by atoms with Crippen LogP contribution in [0.3, 0.4) is 0 Å². The summed E-state index contributed by atoms with van der Waals surface area (Å²) in [6.45, 7) is 0. The van der Waals surface area contributed by atoms with Gasteiger partial charge in [-0.15, -0.1) is 0 Å². The molecule has 20 heavy (non-hydrogen) atoms. The number of oxazole rings is 1. The lowest BCUT2D eigenvalue weighted by Gasteiger charge is -2.17. The van der Waals surface area contributed by atoms with Gasteiger partial charge in [-0.2, -0.15) is 16.7 Å². The van der Waals surface area contributed by atoms with Crippen molar-refractivity contribution in [2.75, 3.05) is 11.6 Å². The number of hydrogen-bond acceptors (Lipinski definition) is 5. The third-order valence-corrected chi connectivity index (χ3v) is 4.87. The predicted molar refractivity (Wildman–Crippen MR) is 79.5 cm³/mol. The molecule has 6 heteroatoms. The van der Waals surface area contributed by atoms with Gasteiger partial charge in [-0.05, 0) is 37.3 Å². The summed E-state index contributed by atoms with van der Waals surface area (Å²) in [5.74, 6) is -0.962. The summed E-state index contributed by atoms with van der Waals surface area (Å²) in [6, 6.07) is 5.58. The number of carboxylic acid groups (broad SMARTS) is 1. The van der Waals surface area contributed by atoms with Crippen molar-refractivity contribution >= 4 is 34.8 Å². The second-order valence-corrected chi connectivity index (χ2v) is 6.04. The van der Waals surface area contributed by atoms with Crippen molar-refractivity contribution < 1.29 is 14.3 Å². The number of aromatic carboxylic acids is 1. The maximum absolute atomic E-state index is 10.9. The van der Waals surface area contributed by atoms with Gasteiger partial charge in [0.05, 0.1) is 5.56 Å². The maximum Gasteiger partial charge on any atom is 0.335 e. The van der Waals surface area contributed by atoms with Gasteiger partial charge in [0.25, 0.3) is 6.01 Å². The van der Waals surface area contributed by atoms with Gasteiger partial charge in [0.2, 0.25) is 0 Å². The molecule has 1 aliphatic carbocycles. The molecule has 0 radical (unpaired) electrons. The first-order valence-electron chi connectivity index (χ1n) is 6.60. The van der Waals surface area contributed by atoms with E-state index in [1.807, 2.05) is 11.8 Å². The van der Waals surface area contributed by atoms with E-state index in [1.54, 1.807) is 6.07 Å². The molecule has 106 valence electrons. The van der Waals surface area contributed by atoms with Gasteiger partial charge >= 0.3 is 5.97 Å². The molecule has 1 aliphatic rings. The maximum atomic E-state index is 10.9. The molecule has 1 aromatic carbocycles. The lowest BCUT2D eigenvalue weighted by atomic mass is 10.2. The number of carbonyl (C=O) groups is 1. The topological polar surface area (TPSA) is 75.4 Å². The number of rotatable bonds is 4. The number of anilines is 1. The molecule has 2 atom stereocenters. The van der Waals surface area contributed by atoms with Gasteiger partial charge in [-0.25, -0.2) is 4.79 Å². The highest BCUT2D eigenvalue weighted by atomic mass is 32.2. The van der Waals surface area contributed by atoms with Gasteiger partial charge < -0.3 is 14.8 Å². The second-order valence-electron chi connectivity index (χ2n) is 4.96. The van der Waals surface area contributed by atoms with E-state index in [0.717, 1.165) is 6.42 Å². The molecule has 2 aromatic rings. The van der Waals surface area contributed by atoms with Crippen LogP contribution in [-0.4, -0.2) is 33.6 Å². The minimum Gasteiger partial charge on any atom is -0.478 e. The summed E-state index contributed by atoms with van der Waals surface area (Å²) in [6.07, 6.45) is 5.66. The smallest absolute Gasteiger partial charge is 0.335 e. The zero-order chi connectivity index (χ0) is 14.1. The van der Waals surface area contributed by atoms with Crippen LogP contribution < -0.4 is 5.32 Å². The number of nitrogens with one attached hydrogen (secondary N) is 1. The number of thioether (sulfide) groups is 1. The highest BCUT2D eigenvalue weighted by Gasteiger charge is 2.27. The fourth-order valence-electron chi connectivity index (χ4n) is 2.65. The van der Waals surface area contributed by atoms with Crippen LogP contribution in [0, 0.1) is 0 Å². The third kappa shape index (κ3) is 2.47. The Labute approximate surface area is 120 Å². The highest BCUT2D eigenvalue weighted by molar-refractivity contribution is 7.99. The first-order chi connectivity index (χ1) is 9.67. The Hall–Kier alpha value is -1.69. The molecule has 3 rings (SSSR count). The van der Waals surface area contributed by atoms with Crippen LogP contribution in [0.4, 0.5) is 6.01 Å². The molecule has 1 heterocycles. The van der Waals surface area contributed by atoms with Crippen molar-refractivity contribution in [1.82, 2.24) is 4.98 Å². The Morgan fingerprint density at radius 2 is 2.35 bits per heavy atom. The number of carboxylic acids is 1. The molecule has 0 aliphatic heterocycles. The van der Waals surface area contributed by atoms with E-state index in [9.17, 15) is 4.79 Å². The SMILES string of the molecule is CSC1CCCC1Nc1nc2ccc(C(=O)O)cc2o1. The standard InChI is InChI=1S/C14H16N2O3S/c1-20-12-4-2-3-10(12)16-14-15-9-6-5-8(13(17)18)7-11(9)19-14/h5-7,10,12H,2-4H2,1H3,(H,15,16)(H,17,18). The molecule has 5 nitrogen and oxygen atoms in total. The van der Waals surface area contributed by atoms with E-state index in [2.05, 4.69) is 16.6 Å². The Bertz CT molecular complexity index is 640. The summed E-state index contributed by atoms with van der Waals surface area (Å²) in [4.78, 5) is 15.3. The van der Waals surface area contributed by atoms with Gasteiger partial charge in [0, 0.05) is 11.3 Å². The molecule has 0 saturated heterocycles. The molecule has 2 unspecified atom stereocenters. The van der Waals surface area contributed by atoms with E-state index in [1.165, 1.54) is 25.0 Å². The van der Waals surface area contributed by atoms with E-state index in [4.69, 9.17) is 9.52 Å². The molecule has 1 saturated carbocycles. The van der Waals surface area contributed by atoms with Crippen molar-refractivity contribution in [2.45, 2.75) is 30.6 Å². The van der Waals surface area contributed by atoms with Gasteiger partial charge in [-0.1, -0.05) is 6.42 Å². The molecular weight excluding hydrogens is 276 g/mol. The van der Waals surface area contributed by atoms with Crippen molar-refractivity contribution in [2.24, 2.45) is 0 Å². The fourth-order valence-corrected chi connectivity index (χ4v) is 3.59. The van der Waals surface area contributed by atoms with Crippen LogP contribution in [0.5, 0.6) is 0 Å². The van der Waals surface area contributed by atoms with Crippen LogP contribution in [0.1, 0.15) is 29.6 Å². The van der Waals surface area contributed by atoms with Crippen LogP contribution in [0.25, 0.3) is 11.1 Å². The first-order valence-corrected chi connectivity index (χ1v) is 7.89. The van der Waals surface area contributed by atoms with Crippen molar-refractivity contribution in [3.63, 3.8) is 0 Å². The van der Waals surface area contributed by atoms with Crippen LogP contribution in [-0.2, 0) is 0 Å². The average molecular weight is 292 g/mol. The Morgan fingerprint density at radius 1 is 1.50 bits per heavy atom. The number of fused-ring (bicyclic) bond motifs is 1. The van der Waals surface area contributed by atoms with Gasteiger partial charge in [-0.3, -0.25) is 0 Å². The fraction of sp³-hybridized carbons (Fsp3) is 0.429. The van der Waals surface area contributed by atoms with Crippen molar-refractivity contribution in [3.8, 4) is 0 Å². The Kier molecular flexibility index (Phi) is 3.56. The Balaban J connectivity index is 1.84. The third-order valence-electron chi connectivity index (χ3n) is 3.70. The predicted octanol–water partition coefficient (Wildman–Crippen LogP) is 3.22. The van der Waals surface area contributed by atoms with Crippen molar-refractivity contribution in [3.05, 3.63) is 23.8 Å². The quantitative estimate of drug-likeness (QED) is 0.901. The molecule has 0 bridgehead atoms. The number of benzene rings is 1. The Morgan fingerprint density at radius 3 is 3.10 bits per heavy atom. The molecule has 0 amide bonds. The van der Waals surface area contributed by atoms with Crippen LogP contribution >= 0.6 is 11.8 Å². The summed E-state index contributed by atoms with van der Waals surface area (Å²) < 4.78 is 5.62. The van der Waals surface area contributed by atoms with Gasteiger partial charge in [0.1, 0.15) is 5.52 Å². The molecule has 2 N–H and O–H groups in total. The molecule has 1 aromatic heterocycles. The summed E-state index contributed by atoms with van der Waals surface area (Å²) in [7, 11) is 0. The minimum absolute atomic E-state index is 0.211. The summed E-state index contributed by atoms with van der Waals surface area (Å²) in [5, 5.41) is 12.9. The second kappa shape index (κ2) is 5.36. The summed E-state index contributed by atoms with van der Waals surface area (Å²) >= 11 is 1.86. The highest BCUT2D eigenvalue weighted by Crippen LogP contribution is 2.31. The average Bonchev–Trinajstić information content (AvgIpc) is 3.03. The van der Waals surface area contributed by atoms with Crippen LogP contribution in [0.2, 0.25) is 0 Å². The number of nitrogens with zero attached hydrogens (tertiary/aromatic N) is 1. The molecule has 0 spiro atoms. The summed E-state index contributed by atoms with van der Waals surface area (Å²) in [5.41, 5.74) is 1.39. The lowest BCUT2D eigenvalue weighted by Crippen LogP contribution is -2.25. The van der Waals surface area contributed by atoms with Crippen LogP contribution in [0.15, 0.2) is 22.6 Å². The molecular formula is C14H16N2O3S. The molecule has 1 fully saturated rings. The zero-order valence-electron chi connectivity index (χ0n) is 11.1. The van der Waals surface area contributed by atoms with E-state index >= 15 is 0 Å². The number of hydrogen-bond donors (Lipinski definition) is 2. The largest absolute Gasteiger partial charge is 0.478 e. The van der Waals surface area contributed by atoms with Gasteiger partial charge in [0.15, 0.2) is 5.58 Å². The van der Waals surface area contributed by atoms with E-state index in [0.29, 0.717) is 28.4 Å². The minimum atomic E-state index is -0.962. The van der Waals surface area contributed by atoms with E-state index in [-0.39, 0.29) is 5.56 Å².